The van der Waals surface area contributed by atoms with Crippen LogP contribution in [0.4, 0.5) is 4.39 Å². The van der Waals surface area contributed by atoms with Crippen LogP contribution in [-0.4, -0.2) is 10.8 Å². The van der Waals surface area contributed by atoms with Crippen LogP contribution in [0.3, 0.4) is 0 Å². The third-order valence-electron chi connectivity index (χ3n) is 3.25. The van der Waals surface area contributed by atoms with Crippen LogP contribution in [-0.2, 0) is 0 Å². The van der Waals surface area contributed by atoms with Gasteiger partial charge in [-0.05, 0) is 42.0 Å². The summed E-state index contributed by atoms with van der Waals surface area (Å²) in [6.07, 6.45) is 3.41. The first kappa shape index (κ1) is 13.6. The number of benzene rings is 2. The lowest BCUT2D eigenvalue weighted by atomic mass is 9.98. The molecule has 2 aromatic carbocycles. The molecule has 0 spiro atoms. The van der Waals surface area contributed by atoms with E-state index in [0.29, 0.717) is 16.1 Å². The van der Waals surface area contributed by atoms with E-state index in [2.05, 4.69) is 4.98 Å². The van der Waals surface area contributed by atoms with E-state index in [9.17, 15) is 9.18 Å². The van der Waals surface area contributed by atoms with Gasteiger partial charge < -0.3 is 4.98 Å². The molecular formula is C17H11ClFNO. The minimum Gasteiger partial charge on any atom is -0.366 e. The van der Waals surface area contributed by atoms with Crippen molar-refractivity contribution in [2.75, 3.05) is 0 Å². The molecule has 0 fully saturated rings. The van der Waals surface area contributed by atoms with Gasteiger partial charge in [0.15, 0.2) is 5.78 Å². The predicted octanol–water partition coefficient (Wildman–Crippen LogP) is 4.71. The van der Waals surface area contributed by atoms with Gasteiger partial charge in [-0.2, -0.15) is 0 Å². The summed E-state index contributed by atoms with van der Waals surface area (Å²) in [5.41, 5.74) is 2.68. The van der Waals surface area contributed by atoms with Crippen molar-refractivity contribution >= 4 is 17.4 Å². The van der Waals surface area contributed by atoms with Gasteiger partial charge >= 0.3 is 0 Å². The van der Waals surface area contributed by atoms with Crippen molar-refractivity contribution < 1.29 is 9.18 Å². The minimum absolute atomic E-state index is 0.152. The third kappa shape index (κ3) is 2.73. The van der Waals surface area contributed by atoms with Crippen LogP contribution in [0.5, 0.6) is 0 Å². The summed E-state index contributed by atoms with van der Waals surface area (Å²) >= 11 is 5.88. The Morgan fingerprint density at radius 2 is 1.62 bits per heavy atom. The fourth-order valence-corrected chi connectivity index (χ4v) is 2.30. The highest BCUT2D eigenvalue weighted by molar-refractivity contribution is 6.30. The van der Waals surface area contributed by atoms with Crippen LogP contribution < -0.4 is 0 Å². The van der Waals surface area contributed by atoms with Crippen molar-refractivity contribution in [3.05, 3.63) is 82.9 Å². The lowest BCUT2D eigenvalue weighted by molar-refractivity contribution is 0.103. The van der Waals surface area contributed by atoms with Gasteiger partial charge in [0, 0.05) is 34.1 Å². The summed E-state index contributed by atoms with van der Waals surface area (Å²) in [5, 5.41) is 0.640. The van der Waals surface area contributed by atoms with Crippen molar-refractivity contribution in [2.45, 2.75) is 0 Å². The third-order valence-corrected chi connectivity index (χ3v) is 3.50. The lowest BCUT2D eigenvalue weighted by Gasteiger charge is -2.04. The highest BCUT2D eigenvalue weighted by Gasteiger charge is 2.15. The predicted molar refractivity (Wildman–Crippen MR) is 81.1 cm³/mol. The molecule has 1 aromatic heterocycles. The standard InChI is InChI=1S/C17H11ClFNO/c18-13-5-1-11(2-6-13)15-9-20-10-16(15)17(21)12-3-7-14(19)8-4-12/h1-10,20H. The van der Waals surface area contributed by atoms with E-state index in [0.717, 1.165) is 11.1 Å². The van der Waals surface area contributed by atoms with Gasteiger partial charge in [-0.15, -0.1) is 0 Å². The van der Waals surface area contributed by atoms with E-state index in [1.165, 1.54) is 24.3 Å². The van der Waals surface area contributed by atoms with Gasteiger partial charge in [-0.25, -0.2) is 4.39 Å². The zero-order valence-electron chi connectivity index (χ0n) is 10.9. The molecule has 0 aliphatic carbocycles. The quantitative estimate of drug-likeness (QED) is 0.698. The first-order valence-corrected chi connectivity index (χ1v) is 6.76. The number of hydrogen-bond donors (Lipinski definition) is 1. The molecule has 3 rings (SSSR count). The SMILES string of the molecule is O=C(c1ccc(F)cc1)c1c[nH]cc1-c1ccc(Cl)cc1. The number of carbonyl (C=O) groups is 1. The monoisotopic (exact) mass is 299 g/mol. The molecule has 0 atom stereocenters. The van der Waals surface area contributed by atoms with Crippen LogP contribution in [0.15, 0.2) is 60.9 Å². The molecular weight excluding hydrogens is 289 g/mol. The highest BCUT2D eigenvalue weighted by atomic mass is 35.5. The Hall–Kier alpha value is -2.39. The number of rotatable bonds is 3. The minimum atomic E-state index is -0.362. The van der Waals surface area contributed by atoms with E-state index >= 15 is 0 Å². The fourth-order valence-electron chi connectivity index (χ4n) is 2.18. The molecule has 1 heterocycles. The molecule has 4 heteroatoms. The number of aromatic nitrogens is 1. The number of halogens is 2. The summed E-state index contributed by atoms with van der Waals surface area (Å²) < 4.78 is 12.9. The average molecular weight is 300 g/mol. The van der Waals surface area contributed by atoms with E-state index in [1.807, 2.05) is 12.1 Å². The molecule has 3 aromatic rings. The summed E-state index contributed by atoms with van der Waals surface area (Å²) in [6.45, 7) is 0. The van der Waals surface area contributed by atoms with Gasteiger partial charge in [-0.1, -0.05) is 23.7 Å². The molecule has 0 unspecified atom stereocenters. The van der Waals surface area contributed by atoms with Gasteiger partial charge in [0.25, 0.3) is 0 Å². The zero-order chi connectivity index (χ0) is 14.8. The van der Waals surface area contributed by atoms with Crippen LogP contribution >= 0.6 is 11.6 Å². The fraction of sp³-hybridized carbons (Fsp3) is 0. The molecule has 0 aliphatic rings. The molecule has 0 bridgehead atoms. The van der Waals surface area contributed by atoms with Gasteiger partial charge in [0.1, 0.15) is 5.82 Å². The van der Waals surface area contributed by atoms with E-state index in [1.54, 1.807) is 24.5 Å². The Bertz CT molecular complexity index is 775. The van der Waals surface area contributed by atoms with Crippen LogP contribution in [0.1, 0.15) is 15.9 Å². The summed E-state index contributed by atoms with van der Waals surface area (Å²) in [6, 6.07) is 12.8. The molecule has 0 radical (unpaired) electrons. The number of nitrogens with one attached hydrogen (secondary N) is 1. The van der Waals surface area contributed by atoms with E-state index in [4.69, 9.17) is 11.6 Å². The number of carbonyl (C=O) groups excluding carboxylic acids is 1. The number of ketones is 1. The van der Waals surface area contributed by atoms with Gasteiger partial charge in [-0.3, -0.25) is 4.79 Å². The van der Waals surface area contributed by atoms with Gasteiger partial charge in [0.05, 0.1) is 0 Å². The maximum atomic E-state index is 12.9. The maximum Gasteiger partial charge on any atom is 0.195 e. The number of aromatic amines is 1. The van der Waals surface area contributed by atoms with Crippen molar-refractivity contribution in [1.82, 2.24) is 4.98 Å². The Kier molecular flexibility index (Phi) is 3.59. The Morgan fingerprint density at radius 3 is 2.29 bits per heavy atom. The molecule has 0 saturated heterocycles. The second-order valence-corrected chi connectivity index (χ2v) is 5.06. The van der Waals surface area contributed by atoms with Crippen molar-refractivity contribution in [3.63, 3.8) is 0 Å². The molecule has 2 nitrogen and oxygen atoms in total. The highest BCUT2D eigenvalue weighted by Crippen LogP contribution is 2.26. The molecule has 0 amide bonds. The van der Waals surface area contributed by atoms with Crippen LogP contribution in [0.2, 0.25) is 5.02 Å². The van der Waals surface area contributed by atoms with Crippen molar-refractivity contribution in [3.8, 4) is 11.1 Å². The summed E-state index contributed by atoms with van der Waals surface area (Å²) in [4.78, 5) is 15.5. The van der Waals surface area contributed by atoms with Crippen LogP contribution in [0, 0.1) is 5.82 Å². The maximum absolute atomic E-state index is 12.9. The zero-order valence-corrected chi connectivity index (χ0v) is 11.7. The Labute approximate surface area is 126 Å². The van der Waals surface area contributed by atoms with E-state index in [-0.39, 0.29) is 11.6 Å². The second kappa shape index (κ2) is 5.54. The van der Waals surface area contributed by atoms with E-state index < -0.39 is 0 Å². The molecule has 21 heavy (non-hydrogen) atoms. The second-order valence-electron chi connectivity index (χ2n) is 4.63. The molecule has 104 valence electrons. The lowest BCUT2D eigenvalue weighted by Crippen LogP contribution is -2.01. The Balaban J connectivity index is 2.00. The largest absolute Gasteiger partial charge is 0.366 e. The van der Waals surface area contributed by atoms with Crippen molar-refractivity contribution in [2.24, 2.45) is 0 Å². The summed E-state index contributed by atoms with van der Waals surface area (Å²) in [5.74, 6) is -0.514. The molecule has 1 N–H and O–H groups in total. The first-order chi connectivity index (χ1) is 10.1. The number of H-pyrrole nitrogens is 1. The normalized spacial score (nSPS) is 10.6. The molecule has 0 saturated carbocycles. The first-order valence-electron chi connectivity index (χ1n) is 6.38. The molecule has 0 aliphatic heterocycles. The van der Waals surface area contributed by atoms with Gasteiger partial charge in [0.2, 0.25) is 0 Å². The Morgan fingerprint density at radius 1 is 0.952 bits per heavy atom. The topological polar surface area (TPSA) is 32.9 Å². The van der Waals surface area contributed by atoms with Crippen LogP contribution in [0.25, 0.3) is 11.1 Å². The average Bonchev–Trinajstić information content (AvgIpc) is 2.97. The number of hydrogen-bond acceptors (Lipinski definition) is 1. The van der Waals surface area contributed by atoms with Crippen molar-refractivity contribution in [1.29, 1.82) is 0 Å². The smallest absolute Gasteiger partial charge is 0.195 e. The summed E-state index contributed by atoms with van der Waals surface area (Å²) in [7, 11) is 0.